The van der Waals surface area contributed by atoms with Crippen molar-refractivity contribution >= 4 is 17.7 Å². The van der Waals surface area contributed by atoms with Gasteiger partial charge in [-0.2, -0.15) is 0 Å². The molecule has 9 heavy (non-hydrogen) atoms. The number of carbonyl (C=O) groups excluding carboxylic acids is 1. The lowest BCUT2D eigenvalue weighted by atomic mass is 10.3. The number of carbonyl (C=O) groups is 1. The van der Waals surface area contributed by atoms with E-state index in [-0.39, 0.29) is 12.1 Å². The van der Waals surface area contributed by atoms with Gasteiger partial charge in [-0.25, -0.2) is 0 Å². The fourth-order valence-electron chi connectivity index (χ4n) is 0.672. The molecule has 1 aliphatic rings. The Balaban J connectivity index is 2.44. The lowest BCUT2D eigenvalue weighted by Crippen LogP contribution is -2.31. The molecule has 0 unspecified atom stereocenters. The molecule has 1 aliphatic heterocycles. The molecule has 1 saturated heterocycles. The Labute approximate surface area is 59.0 Å². The Morgan fingerprint density at radius 1 is 1.67 bits per heavy atom. The summed E-state index contributed by atoms with van der Waals surface area (Å²) in [6.07, 6.45) is 0.0937. The largest absolute Gasteiger partial charge is 0.461 e. The third kappa shape index (κ3) is 1.61. The van der Waals surface area contributed by atoms with Crippen LogP contribution in [0.4, 0.5) is 0 Å². The van der Waals surface area contributed by atoms with Crippen molar-refractivity contribution in [2.75, 3.05) is 5.75 Å². The fourth-order valence-corrected chi connectivity index (χ4v) is 1.47. The number of hydrogen-bond acceptors (Lipinski definition) is 3. The molecular weight excluding hydrogens is 136 g/mol. The van der Waals surface area contributed by atoms with Gasteiger partial charge in [-0.1, -0.05) is 0 Å². The van der Waals surface area contributed by atoms with Gasteiger partial charge in [0.1, 0.15) is 6.10 Å². The average Bonchev–Trinajstić information content (AvgIpc) is 1.80. The summed E-state index contributed by atoms with van der Waals surface area (Å²) in [7, 11) is 0. The Morgan fingerprint density at radius 2 is 2.33 bits per heavy atom. The van der Waals surface area contributed by atoms with E-state index < -0.39 is 0 Å². The van der Waals surface area contributed by atoms with Crippen molar-refractivity contribution in [2.45, 2.75) is 25.2 Å². The number of rotatable bonds is 0. The number of hydrogen-bond donors (Lipinski definition) is 0. The first-order valence-corrected chi connectivity index (χ1v) is 4.06. The van der Waals surface area contributed by atoms with Crippen molar-refractivity contribution in [1.82, 2.24) is 0 Å². The van der Waals surface area contributed by atoms with Crippen molar-refractivity contribution in [3.8, 4) is 0 Å². The Bertz CT molecular complexity index is 124. The van der Waals surface area contributed by atoms with Gasteiger partial charge in [0.05, 0.1) is 5.75 Å². The highest BCUT2D eigenvalue weighted by Gasteiger charge is 2.23. The van der Waals surface area contributed by atoms with Crippen LogP contribution in [0.15, 0.2) is 0 Å². The first-order chi connectivity index (χ1) is 4.20. The molecule has 0 amide bonds. The third-order valence-corrected chi connectivity index (χ3v) is 2.75. The van der Waals surface area contributed by atoms with Crippen LogP contribution in [0.1, 0.15) is 13.8 Å². The molecule has 52 valence electrons. The van der Waals surface area contributed by atoms with Crippen LogP contribution < -0.4 is 0 Å². The van der Waals surface area contributed by atoms with E-state index in [1.165, 1.54) is 0 Å². The fraction of sp³-hybridized carbons (Fsp3) is 0.833. The number of esters is 1. The summed E-state index contributed by atoms with van der Waals surface area (Å²) in [5, 5.41) is 0.461. The second kappa shape index (κ2) is 2.60. The average molecular weight is 146 g/mol. The summed E-state index contributed by atoms with van der Waals surface area (Å²) < 4.78 is 4.94. The van der Waals surface area contributed by atoms with E-state index in [0.29, 0.717) is 11.0 Å². The Hall–Kier alpha value is -0.180. The van der Waals surface area contributed by atoms with Gasteiger partial charge in [-0.15, -0.1) is 11.8 Å². The Morgan fingerprint density at radius 3 is 2.78 bits per heavy atom. The number of thioether (sulfide) groups is 1. The zero-order chi connectivity index (χ0) is 6.85. The summed E-state index contributed by atoms with van der Waals surface area (Å²) in [6.45, 7) is 4.00. The van der Waals surface area contributed by atoms with Gasteiger partial charge < -0.3 is 4.74 Å². The monoisotopic (exact) mass is 146 g/mol. The van der Waals surface area contributed by atoms with E-state index in [0.717, 1.165) is 0 Å². The summed E-state index contributed by atoms with van der Waals surface area (Å²) in [6, 6.07) is 0. The highest BCUT2D eigenvalue weighted by atomic mass is 32.2. The molecular formula is C6H10O2S. The summed E-state index contributed by atoms with van der Waals surface area (Å²) in [5.74, 6) is 0.441. The SMILES string of the molecule is C[C@@H]1SCC(=O)O[C@@H]1C. The lowest BCUT2D eigenvalue weighted by Gasteiger charge is -2.24. The highest BCUT2D eigenvalue weighted by Crippen LogP contribution is 2.21. The molecule has 0 aromatic carbocycles. The van der Waals surface area contributed by atoms with Gasteiger partial charge in [0, 0.05) is 5.25 Å². The smallest absolute Gasteiger partial charge is 0.316 e. The summed E-state index contributed by atoms with van der Waals surface area (Å²) in [5.41, 5.74) is 0. The predicted octanol–water partition coefficient (Wildman–Crippen LogP) is 1.05. The van der Waals surface area contributed by atoms with Crippen LogP contribution >= 0.6 is 11.8 Å². The van der Waals surface area contributed by atoms with Gasteiger partial charge in [0.15, 0.2) is 0 Å². The van der Waals surface area contributed by atoms with E-state index in [1.807, 2.05) is 6.92 Å². The summed E-state index contributed by atoms with van der Waals surface area (Å²) >= 11 is 1.66. The molecule has 2 atom stereocenters. The maximum Gasteiger partial charge on any atom is 0.316 e. The van der Waals surface area contributed by atoms with Crippen LogP contribution in [-0.2, 0) is 9.53 Å². The first kappa shape index (κ1) is 6.93. The highest BCUT2D eigenvalue weighted by molar-refractivity contribution is 8.00. The topological polar surface area (TPSA) is 26.3 Å². The van der Waals surface area contributed by atoms with Crippen molar-refractivity contribution in [3.63, 3.8) is 0 Å². The maximum absolute atomic E-state index is 10.6. The van der Waals surface area contributed by atoms with E-state index in [4.69, 9.17) is 4.74 Å². The van der Waals surface area contributed by atoms with Gasteiger partial charge >= 0.3 is 5.97 Å². The zero-order valence-corrected chi connectivity index (χ0v) is 6.40. The van der Waals surface area contributed by atoms with Gasteiger partial charge in [0.25, 0.3) is 0 Å². The minimum absolute atomic E-state index is 0.0781. The molecule has 3 heteroatoms. The van der Waals surface area contributed by atoms with Crippen molar-refractivity contribution in [1.29, 1.82) is 0 Å². The molecule has 0 bridgehead atoms. The van der Waals surface area contributed by atoms with E-state index in [9.17, 15) is 4.79 Å². The molecule has 0 spiro atoms. The van der Waals surface area contributed by atoms with Gasteiger partial charge in [-0.05, 0) is 13.8 Å². The molecule has 0 aromatic heterocycles. The predicted molar refractivity (Wildman–Crippen MR) is 37.5 cm³/mol. The minimum Gasteiger partial charge on any atom is -0.461 e. The second-order valence-electron chi connectivity index (χ2n) is 2.21. The van der Waals surface area contributed by atoms with Crippen LogP contribution in [0.25, 0.3) is 0 Å². The van der Waals surface area contributed by atoms with Crippen LogP contribution in [0.2, 0.25) is 0 Å². The van der Waals surface area contributed by atoms with Crippen LogP contribution in [0.5, 0.6) is 0 Å². The van der Waals surface area contributed by atoms with E-state index in [1.54, 1.807) is 11.8 Å². The Kier molecular flexibility index (Phi) is 2.01. The first-order valence-electron chi connectivity index (χ1n) is 3.01. The van der Waals surface area contributed by atoms with Crippen LogP contribution in [0.3, 0.4) is 0 Å². The normalized spacial score (nSPS) is 36.0. The quantitative estimate of drug-likeness (QED) is 0.478. The van der Waals surface area contributed by atoms with E-state index in [2.05, 4.69) is 6.92 Å². The van der Waals surface area contributed by atoms with E-state index >= 15 is 0 Å². The second-order valence-corrected chi connectivity index (χ2v) is 3.58. The maximum atomic E-state index is 10.6. The standard InChI is InChI=1S/C6H10O2S/c1-4-5(2)9-3-6(7)8-4/h4-5H,3H2,1-2H3/t4-,5+/m1/s1. The number of cyclic esters (lactones) is 1. The van der Waals surface area contributed by atoms with Crippen molar-refractivity contribution < 1.29 is 9.53 Å². The number of ether oxygens (including phenoxy) is 1. The molecule has 0 saturated carbocycles. The van der Waals surface area contributed by atoms with Crippen LogP contribution in [0, 0.1) is 0 Å². The molecule has 0 aromatic rings. The molecule has 0 radical (unpaired) electrons. The molecule has 1 rings (SSSR count). The van der Waals surface area contributed by atoms with Gasteiger partial charge in [0.2, 0.25) is 0 Å². The van der Waals surface area contributed by atoms with Crippen molar-refractivity contribution in [3.05, 3.63) is 0 Å². The van der Waals surface area contributed by atoms with Crippen LogP contribution in [-0.4, -0.2) is 23.1 Å². The zero-order valence-electron chi connectivity index (χ0n) is 5.59. The molecule has 1 fully saturated rings. The van der Waals surface area contributed by atoms with Gasteiger partial charge in [-0.3, -0.25) is 4.79 Å². The molecule has 0 N–H and O–H groups in total. The summed E-state index contributed by atoms with van der Waals surface area (Å²) in [4.78, 5) is 10.6. The lowest BCUT2D eigenvalue weighted by molar-refractivity contribution is -0.145. The molecule has 0 aliphatic carbocycles. The third-order valence-electron chi connectivity index (χ3n) is 1.44. The minimum atomic E-state index is -0.0781. The molecule has 1 heterocycles. The van der Waals surface area contributed by atoms with Crippen molar-refractivity contribution in [2.24, 2.45) is 0 Å². The molecule has 2 nitrogen and oxygen atoms in total.